The summed E-state index contributed by atoms with van der Waals surface area (Å²) >= 11 is 6.34. The van der Waals surface area contributed by atoms with E-state index in [1.165, 1.54) is 19.3 Å². The second kappa shape index (κ2) is 9.08. The van der Waals surface area contributed by atoms with Crippen molar-refractivity contribution in [1.29, 1.82) is 0 Å². The lowest BCUT2D eigenvalue weighted by molar-refractivity contribution is 0.226. The van der Waals surface area contributed by atoms with Gasteiger partial charge in [0.15, 0.2) is 0 Å². The Labute approximate surface area is 178 Å². The summed E-state index contributed by atoms with van der Waals surface area (Å²) in [7, 11) is 0. The molecule has 1 aromatic carbocycles. The van der Waals surface area contributed by atoms with Crippen molar-refractivity contribution in [2.45, 2.75) is 52.0 Å². The van der Waals surface area contributed by atoms with Gasteiger partial charge in [-0.25, -0.2) is 0 Å². The number of nitrogens with one attached hydrogen (secondary N) is 1. The van der Waals surface area contributed by atoms with Crippen LogP contribution < -0.4 is 5.32 Å². The zero-order valence-corrected chi connectivity index (χ0v) is 18.0. The normalized spacial score (nSPS) is 21.6. The van der Waals surface area contributed by atoms with Crippen molar-refractivity contribution in [3.05, 3.63) is 58.9 Å². The number of hydrogen-bond acceptors (Lipinski definition) is 3. The summed E-state index contributed by atoms with van der Waals surface area (Å²) in [5.41, 5.74) is 3.72. The van der Waals surface area contributed by atoms with Crippen LogP contribution in [0.5, 0.6) is 0 Å². The molecule has 1 aliphatic heterocycles. The Morgan fingerprint density at radius 1 is 1.24 bits per heavy atom. The number of amidine groups is 1. The molecule has 4 nitrogen and oxygen atoms in total. The molecule has 1 fully saturated rings. The average molecular weight is 409 g/mol. The Hall–Kier alpha value is -2.20. The number of benzodiazepines with no additional fused rings is 1. The van der Waals surface area contributed by atoms with E-state index in [4.69, 9.17) is 21.6 Å². The third-order valence-corrected chi connectivity index (χ3v) is 6.31. The summed E-state index contributed by atoms with van der Waals surface area (Å²) in [5, 5.41) is 4.30. The lowest BCUT2D eigenvalue weighted by Crippen LogP contribution is -2.28. The predicted molar refractivity (Wildman–Crippen MR) is 122 cm³/mol. The Balaban J connectivity index is 1.74. The van der Waals surface area contributed by atoms with Crippen molar-refractivity contribution >= 4 is 28.8 Å². The van der Waals surface area contributed by atoms with E-state index < -0.39 is 0 Å². The van der Waals surface area contributed by atoms with Crippen LogP contribution in [-0.2, 0) is 0 Å². The van der Waals surface area contributed by atoms with Crippen LogP contribution in [0.15, 0.2) is 52.6 Å². The van der Waals surface area contributed by atoms with Crippen LogP contribution in [0.25, 0.3) is 0 Å². The maximum atomic E-state index is 6.34. The molecule has 1 aromatic heterocycles. The second-order valence-electron chi connectivity index (χ2n) is 8.21. The fraction of sp³-hybridized carbons (Fsp3) is 0.458. The number of nitrogens with zero attached hydrogens (tertiary/aromatic N) is 3. The Morgan fingerprint density at radius 2 is 2.10 bits per heavy atom. The zero-order chi connectivity index (χ0) is 20.2. The Morgan fingerprint density at radius 3 is 2.79 bits per heavy atom. The molecule has 0 bridgehead atoms. The van der Waals surface area contributed by atoms with Crippen LogP contribution in [0.3, 0.4) is 0 Å². The van der Waals surface area contributed by atoms with Gasteiger partial charge in [0.2, 0.25) is 0 Å². The number of aromatic nitrogens is 1. The minimum Gasteiger partial charge on any atom is -0.342 e. The first-order valence-corrected chi connectivity index (χ1v) is 11.1. The smallest absolute Gasteiger partial charge is 0.126 e. The second-order valence-corrected chi connectivity index (χ2v) is 8.64. The van der Waals surface area contributed by atoms with Gasteiger partial charge in [-0.1, -0.05) is 57.2 Å². The summed E-state index contributed by atoms with van der Waals surface area (Å²) < 4.78 is 0. The van der Waals surface area contributed by atoms with Gasteiger partial charge in [-0.05, 0) is 48.6 Å². The maximum absolute atomic E-state index is 6.34. The minimum atomic E-state index is -0.00299. The van der Waals surface area contributed by atoms with Crippen LogP contribution in [0.1, 0.15) is 57.2 Å². The average Bonchev–Trinajstić information content (AvgIpc) is 2.83. The van der Waals surface area contributed by atoms with E-state index in [-0.39, 0.29) is 6.04 Å². The van der Waals surface area contributed by atoms with Crippen LogP contribution in [0.2, 0.25) is 5.02 Å². The molecule has 2 atom stereocenters. The van der Waals surface area contributed by atoms with E-state index in [1.54, 1.807) is 0 Å². The summed E-state index contributed by atoms with van der Waals surface area (Å²) in [4.78, 5) is 14.8. The van der Waals surface area contributed by atoms with Gasteiger partial charge in [0.05, 0.1) is 11.4 Å². The number of hydrogen-bond donors (Lipinski definition) is 1. The third-order valence-electron chi connectivity index (χ3n) is 6.07. The standard InChI is InChI=1S/C24H29ClN4/c1-3-7-22-24(27-15-16(2)17-8-6-9-17)29-20-12-11-18(25)14-19(20)23(28-22)21-10-4-5-13-26-21/h4-5,10-14,16-17,22H,3,6-9,15H2,1-2H3,(H,27,29)/t16?,22-/m0/s1. The molecule has 2 aliphatic rings. The number of aliphatic imine (C=N–C) groups is 2. The van der Waals surface area contributed by atoms with Crippen molar-refractivity contribution in [3.63, 3.8) is 0 Å². The number of benzene rings is 1. The molecule has 0 saturated heterocycles. The molecule has 1 unspecified atom stereocenters. The number of rotatable bonds is 6. The Kier molecular flexibility index (Phi) is 6.29. The molecule has 4 rings (SSSR count). The van der Waals surface area contributed by atoms with Gasteiger partial charge in [-0.15, -0.1) is 0 Å². The molecule has 5 heteroatoms. The highest BCUT2D eigenvalue weighted by atomic mass is 35.5. The highest BCUT2D eigenvalue weighted by molar-refractivity contribution is 6.32. The number of fused-ring (bicyclic) bond motifs is 1. The first-order valence-electron chi connectivity index (χ1n) is 10.8. The Bertz CT molecular complexity index is 902. The van der Waals surface area contributed by atoms with Crippen LogP contribution >= 0.6 is 11.6 Å². The number of halogens is 1. The number of anilines is 1. The lowest BCUT2D eigenvalue weighted by Gasteiger charge is -2.30. The molecule has 2 aromatic rings. The van der Waals surface area contributed by atoms with Crippen molar-refractivity contribution in [2.24, 2.45) is 21.8 Å². The van der Waals surface area contributed by atoms with E-state index in [2.05, 4.69) is 24.1 Å². The molecular weight excluding hydrogens is 380 g/mol. The van der Waals surface area contributed by atoms with E-state index >= 15 is 0 Å². The summed E-state index contributed by atoms with van der Waals surface area (Å²) in [6, 6.07) is 11.8. The molecule has 1 aliphatic carbocycles. The first kappa shape index (κ1) is 20.1. The van der Waals surface area contributed by atoms with Crippen molar-refractivity contribution in [2.75, 3.05) is 11.9 Å². The monoisotopic (exact) mass is 408 g/mol. The minimum absolute atomic E-state index is 0.00299. The summed E-state index contributed by atoms with van der Waals surface area (Å²) in [6.07, 6.45) is 7.86. The predicted octanol–water partition coefficient (Wildman–Crippen LogP) is 6.00. The van der Waals surface area contributed by atoms with Crippen LogP contribution in [0.4, 0.5) is 5.69 Å². The van der Waals surface area contributed by atoms with Gasteiger partial charge >= 0.3 is 0 Å². The van der Waals surface area contributed by atoms with Crippen molar-refractivity contribution in [3.8, 4) is 0 Å². The van der Waals surface area contributed by atoms with E-state index in [9.17, 15) is 0 Å². The topological polar surface area (TPSA) is 49.6 Å². The molecule has 0 spiro atoms. The lowest BCUT2D eigenvalue weighted by atomic mass is 9.77. The molecule has 1 N–H and O–H groups in total. The molecule has 29 heavy (non-hydrogen) atoms. The van der Waals surface area contributed by atoms with Crippen molar-refractivity contribution < 1.29 is 0 Å². The fourth-order valence-electron chi connectivity index (χ4n) is 4.06. The van der Waals surface area contributed by atoms with E-state index in [0.29, 0.717) is 10.9 Å². The van der Waals surface area contributed by atoms with Gasteiger partial charge in [0, 0.05) is 29.0 Å². The first-order chi connectivity index (χ1) is 14.2. The van der Waals surface area contributed by atoms with E-state index in [0.717, 1.165) is 53.8 Å². The highest BCUT2D eigenvalue weighted by Gasteiger charge is 2.27. The van der Waals surface area contributed by atoms with Crippen LogP contribution in [-0.4, -0.2) is 29.1 Å². The largest absolute Gasteiger partial charge is 0.342 e. The van der Waals surface area contributed by atoms with Crippen molar-refractivity contribution in [1.82, 2.24) is 4.98 Å². The van der Waals surface area contributed by atoms with E-state index in [1.807, 2.05) is 42.6 Å². The van der Waals surface area contributed by atoms with Crippen LogP contribution in [0, 0.1) is 11.8 Å². The third kappa shape index (κ3) is 4.53. The maximum Gasteiger partial charge on any atom is 0.126 e. The van der Waals surface area contributed by atoms with Gasteiger partial charge in [0.25, 0.3) is 0 Å². The SMILES string of the molecule is CCC[C@@H]1N=C(c2ccccn2)c2cc(Cl)ccc2NC1=NCC(C)C1CCC1. The highest BCUT2D eigenvalue weighted by Crippen LogP contribution is 2.33. The van der Waals surface area contributed by atoms with Gasteiger partial charge in [0.1, 0.15) is 11.9 Å². The molecule has 0 radical (unpaired) electrons. The van der Waals surface area contributed by atoms with Gasteiger partial charge in [-0.2, -0.15) is 0 Å². The van der Waals surface area contributed by atoms with Gasteiger partial charge in [-0.3, -0.25) is 15.0 Å². The van der Waals surface area contributed by atoms with Gasteiger partial charge < -0.3 is 5.32 Å². The number of pyridine rings is 1. The fourth-order valence-corrected chi connectivity index (χ4v) is 4.23. The zero-order valence-electron chi connectivity index (χ0n) is 17.2. The molecule has 0 amide bonds. The molecule has 1 saturated carbocycles. The summed E-state index contributed by atoms with van der Waals surface area (Å²) in [5.74, 6) is 2.41. The summed E-state index contributed by atoms with van der Waals surface area (Å²) in [6.45, 7) is 5.37. The quantitative estimate of drug-likeness (QED) is 0.637. The molecular formula is C24H29ClN4. The molecule has 2 heterocycles. The molecule has 152 valence electrons.